The lowest BCUT2D eigenvalue weighted by molar-refractivity contribution is 0.180. The molecule has 1 aliphatic rings. The summed E-state index contributed by atoms with van der Waals surface area (Å²) in [6.07, 6.45) is 3.58. The van der Waals surface area contributed by atoms with Crippen molar-refractivity contribution in [2.24, 2.45) is 4.99 Å². The highest BCUT2D eigenvalue weighted by molar-refractivity contribution is 14.0. The van der Waals surface area contributed by atoms with Crippen LogP contribution in [0.1, 0.15) is 30.4 Å². The van der Waals surface area contributed by atoms with E-state index < -0.39 is 0 Å². The quantitative estimate of drug-likeness (QED) is 0.237. The maximum Gasteiger partial charge on any atom is 0.191 e. The molecule has 2 N–H and O–H groups in total. The fraction of sp³-hybridized carbons (Fsp3) is 0.650. The number of hydrogen-bond donors (Lipinski definition) is 2. The Morgan fingerprint density at radius 1 is 1.23 bits per heavy atom. The van der Waals surface area contributed by atoms with Gasteiger partial charge in [0.15, 0.2) is 5.96 Å². The Balaban J connectivity index is 0.00000338. The highest BCUT2D eigenvalue weighted by Gasteiger charge is 2.44. The molecule has 0 spiro atoms. The van der Waals surface area contributed by atoms with Gasteiger partial charge in [-0.1, -0.05) is 24.3 Å². The van der Waals surface area contributed by atoms with Crippen LogP contribution >= 0.6 is 24.0 Å². The number of likely N-dealkylation sites (N-methyl/N-ethyl adjacent to an activating group) is 1. The molecule has 1 aliphatic carbocycles. The average Bonchev–Trinajstić information content (AvgIpc) is 3.39. The number of methoxy groups -OCH3 is 1. The summed E-state index contributed by atoms with van der Waals surface area (Å²) in [6.45, 7) is 6.91. The van der Waals surface area contributed by atoms with Crippen molar-refractivity contribution in [1.82, 2.24) is 15.5 Å². The first-order chi connectivity index (χ1) is 12.1. The lowest BCUT2D eigenvalue weighted by Crippen LogP contribution is -2.43. The zero-order valence-corrected chi connectivity index (χ0v) is 19.0. The van der Waals surface area contributed by atoms with Crippen LogP contribution in [0.2, 0.25) is 0 Å². The lowest BCUT2D eigenvalue weighted by atomic mass is 9.92. The molecule has 0 aliphatic heterocycles. The molecule has 2 rings (SSSR count). The van der Waals surface area contributed by atoms with Crippen molar-refractivity contribution in [1.29, 1.82) is 0 Å². The molecule has 0 saturated heterocycles. The van der Waals surface area contributed by atoms with E-state index in [1.165, 1.54) is 24.0 Å². The van der Waals surface area contributed by atoms with E-state index in [-0.39, 0.29) is 24.0 Å². The summed E-state index contributed by atoms with van der Waals surface area (Å²) >= 11 is 0. The van der Waals surface area contributed by atoms with Crippen LogP contribution < -0.4 is 10.6 Å². The van der Waals surface area contributed by atoms with Crippen molar-refractivity contribution in [2.75, 3.05) is 54.0 Å². The van der Waals surface area contributed by atoms with E-state index in [2.05, 4.69) is 58.8 Å². The summed E-state index contributed by atoms with van der Waals surface area (Å²) in [5.41, 5.74) is 3.16. The molecule has 0 unspecified atom stereocenters. The van der Waals surface area contributed by atoms with Crippen molar-refractivity contribution >= 4 is 29.9 Å². The van der Waals surface area contributed by atoms with Gasteiger partial charge in [-0.25, -0.2) is 0 Å². The lowest BCUT2D eigenvalue weighted by Gasteiger charge is -2.22. The van der Waals surface area contributed by atoms with E-state index in [0.717, 1.165) is 45.2 Å². The first-order valence-corrected chi connectivity index (χ1v) is 9.29. The van der Waals surface area contributed by atoms with Crippen LogP contribution in [0.15, 0.2) is 29.3 Å². The summed E-state index contributed by atoms with van der Waals surface area (Å²) in [5, 5.41) is 6.95. The summed E-state index contributed by atoms with van der Waals surface area (Å²) in [4.78, 5) is 6.68. The molecule has 1 fully saturated rings. The third kappa shape index (κ3) is 7.04. The summed E-state index contributed by atoms with van der Waals surface area (Å²) < 4.78 is 5.10. The van der Waals surface area contributed by atoms with Gasteiger partial charge in [-0.2, -0.15) is 0 Å². The molecule has 0 heterocycles. The van der Waals surface area contributed by atoms with Crippen LogP contribution in [0, 0.1) is 6.92 Å². The van der Waals surface area contributed by atoms with Gasteiger partial charge in [0.1, 0.15) is 0 Å². The van der Waals surface area contributed by atoms with Gasteiger partial charge in [0, 0.05) is 52.4 Å². The molecule has 5 nitrogen and oxygen atoms in total. The van der Waals surface area contributed by atoms with Crippen molar-refractivity contribution in [2.45, 2.75) is 31.6 Å². The van der Waals surface area contributed by atoms with Gasteiger partial charge >= 0.3 is 0 Å². The van der Waals surface area contributed by atoms with Crippen LogP contribution in [0.5, 0.6) is 0 Å². The van der Waals surface area contributed by atoms with Gasteiger partial charge < -0.3 is 20.3 Å². The van der Waals surface area contributed by atoms with Crippen LogP contribution in [0.4, 0.5) is 0 Å². The number of benzene rings is 1. The topological polar surface area (TPSA) is 48.9 Å². The second-order valence-electron chi connectivity index (χ2n) is 7.10. The number of hydrogen-bond acceptors (Lipinski definition) is 3. The fourth-order valence-corrected chi connectivity index (χ4v) is 3.29. The molecule has 1 aromatic carbocycles. The van der Waals surface area contributed by atoms with Gasteiger partial charge in [0.25, 0.3) is 0 Å². The maximum atomic E-state index is 5.10. The second kappa shape index (κ2) is 11.8. The minimum Gasteiger partial charge on any atom is -0.385 e. The molecule has 0 bridgehead atoms. The van der Waals surface area contributed by atoms with Crippen molar-refractivity contribution < 1.29 is 4.74 Å². The van der Waals surface area contributed by atoms with Crippen molar-refractivity contribution in [3.05, 3.63) is 35.4 Å². The molecule has 0 radical (unpaired) electrons. The monoisotopic (exact) mass is 474 g/mol. The first-order valence-electron chi connectivity index (χ1n) is 9.29. The number of aliphatic imine (C=N–C) groups is 1. The van der Waals surface area contributed by atoms with Gasteiger partial charge in [0.2, 0.25) is 0 Å². The Morgan fingerprint density at radius 2 is 1.96 bits per heavy atom. The van der Waals surface area contributed by atoms with E-state index in [1.54, 1.807) is 7.11 Å². The smallest absolute Gasteiger partial charge is 0.191 e. The van der Waals surface area contributed by atoms with Gasteiger partial charge in [-0.15, -0.1) is 24.0 Å². The third-order valence-corrected chi connectivity index (χ3v) is 5.06. The molecule has 148 valence electrons. The molecular formula is C20H35IN4O. The van der Waals surface area contributed by atoms with Crippen molar-refractivity contribution in [3.63, 3.8) is 0 Å². The molecule has 1 aromatic rings. The summed E-state index contributed by atoms with van der Waals surface area (Å²) in [7, 11) is 5.73. The maximum absolute atomic E-state index is 5.10. The van der Waals surface area contributed by atoms with Gasteiger partial charge in [-0.05, 0) is 44.4 Å². The zero-order chi connectivity index (χ0) is 18.1. The van der Waals surface area contributed by atoms with Crippen molar-refractivity contribution in [3.8, 4) is 0 Å². The third-order valence-electron chi connectivity index (χ3n) is 5.06. The summed E-state index contributed by atoms with van der Waals surface area (Å²) in [6, 6.07) is 8.75. The molecule has 0 aromatic heterocycles. The largest absolute Gasteiger partial charge is 0.385 e. The van der Waals surface area contributed by atoms with Gasteiger partial charge in [-0.3, -0.25) is 4.99 Å². The van der Waals surface area contributed by atoms with E-state index >= 15 is 0 Å². The highest BCUT2D eigenvalue weighted by Crippen LogP contribution is 2.48. The second-order valence-corrected chi connectivity index (χ2v) is 7.10. The molecule has 26 heavy (non-hydrogen) atoms. The predicted molar refractivity (Wildman–Crippen MR) is 121 cm³/mol. The minimum absolute atomic E-state index is 0. The molecule has 6 heteroatoms. The predicted octanol–water partition coefficient (Wildman–Crippen LogP) is 2.78. The van der Waals surface area contributed by atoms with E-state index in [4.69, 9.17) is 4.74 Å². The average molecular weight is 474 g/mol. The fourth-order valence-electron chi connectivity index (χ4n) is 3.29. The SMILES string of the molecule is CN=C(NCCN(C)CCCOC)NCC1(c2ccccc2C)CC1.I. The number of halogens is 1. The Labute approximate surface area is 176 Å². The Morgan fingerprint density at radius 3 is 2.58 bits per heavy atom. The van der Waals surface area contributed by atoms with Gasteiger partial charge in [0.05, 0.1) is 0 Å². The first kappa shape index (κ1) is 23.2. The Hall–Kier alpha value is -0.860. The number of aryl methyl sites for hydroxylation is 1. The van der Waals surface area contributed by atoms with E-state index in [9.17, 15) is 0 Å². The van der Waals surface area contributed by atoms with Crippen LogP contribution in [-0.2, 0) is 10.2 Å². The van der Waals surface area contributed by atoms with Crippen LogP contribution in [0.3, 0.4) is 0 Å². The Kier molecular flexibility index (Phi) is 10.5. The number of guanidine groups is 1. The minimum atomic E-state index is 0. The Bertz CT molecular complexity index is 560. The molecule has 1 saturated carbocycles. The van der Waals surface area contributed by atoms with Crippen LogP contribution in [-0.4, -0.2) is 64.9 Å². The molecule has 0 amide bonds. The number of nitrogens with zero attached hydrogens (tertiary/aromatic N) is 2. The normalized spacial score (nSPS) is 15.5. The van der Waals surface area contributed by atoms with E-state index in [1.807, 2.05) is 7.05 Å². The number of nitrogens with one attached hydrogen (secondary N) is 2. The zero-order valence-electron chi connectivity index (χ0n) is 16.7. The highest BCUT2D eigenvalue weighted by atomic mass is 127. The molecule has 0 atom stereocenters. The van der Waals surface area contributed by atoms with E-state index in [0.29, 0.717) is 5.41 Å². The molecular weight excluding hydrogens is 439 g/mol. The standard InChI is InChI=1S/C20H34N4O.HI/c1-17-8-5-6-9-18(17)20(10-11-20)16-23-19(21-2)22-12-14-24(3)13-7-15-25-4;/h5-6,8-9H,7,10-16H2,1-4H3,(H2,21,22,23);1H. The number of rotatable bonds is 10. The summed E-state index contributed by atoms with van der Waals surface area (Å²) in [5.74, 6) is 0.894. The van der Waals surface area contributed by atoms with Crippen LogP contribution in [0.25, 0.3) is 0 Å². The number of ether oxygens (including phenoxy) is 1.